The molecule has 11 heteroatoms. The van der Waals surface area contributed by atoms with Crippen molar-refractivity contribution in [3.05, 3.63) is 33.9 Å². The van der Waals surface area contributed by atoms with Crippen LogP contribution in [0.1, 0.15) is 30.1 Å². The Bertz CT molecular complexity index is 662. The molecule has 1 aromatic carbocycles. The van der Waals surface area contributed by atoms with E-state index >= 15 is 0 Å². The van der Waals surface area contributed by atoms with E-state index in [1.165, 1.54) is 0 Å². The number of alkyl halides is 3. The predicted octanol–water partition coefficient (Wildman–Crippen LogP) is 2.52. The molecule has 0 fully saturated rings. The Hall–Kier alpha value is -2.85. The second-order valence-corrected chi connectivity index (χ2v) is 4.99. The van der Waals surface area contributed by atoms with Gasteiger partial charge in [0, 0.05) is 6.07 Å². The van der Waals surface area contributed by atoms with Crippen molar-refractivity contribution in [2.45, 2.75) is 32.0 Å². The van der Waals surface area contributed by atoms with Crippen molar-refractivity contribution < 1.29 is 37.5 Å². The normalized spacial score (nSPS) is 12.3. The average Bonchev–Trinajstić information content (AvgIpc) is 2.51. The first kappa shape index (κ1) is 20.2. The molecule has 0 saturated heterocycles. The van der Waals surface area contributed by atoms with Crippen LogP contribution in [-0.4, -0.2) is 40.7 Å². The standard InChI is InChI=1S/C14H15F3N2O6/c1-2-3-10(13(21)22)18-12(20)9-6-8(25-7-14(15,16)17)4-5-11(9)19(23)24/h4-6,10H,2-3,7H2,1H3,(H,18,20)(H,21,22). The number of aliphatic carboxylic acids is 1. The molecule has 0 saturated carbocycles. The van der Waals surface area contributed by atoms with Gasteiger partial charge in [0.05, 0.1) is 4.92 Å². The number of nitro benzene ring substituents is 1. The van der Waals surface area contributed by atoms with Crippen LogP contribution in [0.15, 0.2) is 18.2 Å². The number of amides is 1. The van der Waals surface area contributed by atoms with Gasteiger partial charge >= 0.3 is 12.1 Å². The molecule has 0 spiro atoms. The summed E-state index contributed by atoms with van der Waals surface area (Å²) in [5.74, 6) is -2.83. The third-order valence-electron chi connectivity index (χ3n) is 2.99. The van der Waals surface area contributed by atoms with Crippen molar-refractivity contribution in [3.63, 3.8) is 0 Å². The molecule has 0 aliphatic heterocycles. The van der Waals surface area contributed by atoms with Crippen molar-refractivity contribution in [3.8, 4) is 5.75 Å². The van der Waals surface area contributed by atoms with E-state index in [9.17, 15) is 32.9 Å². The number of nitro groups is 1. The van der Waals surface area contributed by atoms with E-state index in [4.69, 9.17) is 5.11 Å². The Kier molecular flexibility index (Phi) is 6.71. The second kappa shape index (κ2) is 8.31. The molecule has 1 atom stereocenters. The minimum Gasteiger partial charge on any atom is -0.484 e. The maximum absolute atomic E-state index is 12.2. The van der Waals surface area contributed by atoms with Gasteiger partial charge in [-0.3, -0.25) is 14.9 Å². The molecular formula is C14H15F3N2O6. The van der Waals surface area contributed by atoms with Gasteiger partial charge in [0.1, 0.15) is 17.4 Å². The number of ether oxygens (including phenoxy) is 1. The summed E-state index contributed by atoms with van der Waals surface area (Å²) in [5, 5.41) is 22.1. The minimum atomic E-state index is -4.63. The maximum atomic E-state index is 12.2. The third kappa shape index (κ3) is 6.28. The van der Waals surface area contributed by atoms with Crippen molar-refractivity contribution >= 4 is 17.6 Å². The molecule has 0 heterocycles. The van der Waals surface area contributed by atoms with Crippen LogP contribution >= 0.6 is 0 Å². The number of carbonyl (C=O) groups excluding carboxylic acids is 1. The highest BCUT2D eigenvalue weighted by Crippen LogP contribution is 2.26. The van der Waals surface area contributed by atoms with E-state index in [-0.39, 0.29) is 6.42 Å². The summed E-state index contributed by atoms with van der Waals surface area (Å²) in [6, 6.07) is 1.22. The molecule has 138 valence electrons. The number of carboxylic acids is 1. The van der Waals surface area contributed by atoms with Crippen LogP contribution in [0.5, 0.6) is 5.75 Å². The van der Waals surface area contributed by atoms with Gasteiger partial charge in [-0.1, -0.05) is 13.3 Å². The number of carbonyl (C=O) groups is 2. The Balaban J connectivity index is 3.09. The highest BCUT2D eigenvalue weighted by Gasteiger charge is 2.30. The Morgan fingerprint density at radius 1 is 1.40 bits per heavy atom. The van der Waals surface area contributed by atoms with E-state index in [0.717, 1.165) is 18.2 Å². The van der Waals surface area contributed by atoms with Gasteiger partial charge in [0.2, 0.25) is 0 Å². The van der Waals surface area contributed by atoms with Crippen molar-refractivity contribution in [1.82, 2.24) is 5.32 Å². The van der Waals surface area contributed by atoms with Crippen LogP contribution in [0.2, 0.25) is 0 Å². The maximum Gasteiger partial charge on any atom is 0.422 e. The molecule has 0 aliphatic carbocycles. The number of benzene rings is 1. The quantitative estimate of drug-likeness (QED) is 0.540. The zero-order valence-corrected chi connectivity index (χ0v) is 13.0. The molecule has 0 aromatic heterocycles. The molecule has 0 bridgehead atoms. The summed E-state index contributed by atoms with van der Waals surface area (Å²) < 4.78 is 41.0. The van der Waals surface area contributed by atoms with Crippen molar-refractivity contribution in [1.29, 1.82) is 0 Å². The van der Waals surface area contributed by atoms with Crippen LogP contribution < -0.4 is 10.1 Å². The van der Waals surface area contributed by atoms with Crippen LogP contribution in [0.4, 0.5) is 18.9 Å². The fraction of sp³-hybridized carbons (Fsp3) is 0.429. The monoisotopic (exact) mass is 364 g/mol. The van der Waals surface area contributed by atoms with Crippen LogP contribution in [0.3, 0.4) is 0 Å². The fourth-order valence-corrected chi connectivity index (χ4v) is 1.89. The summed E-state index contributed by atoms with van der Waals surface area (Å²) in [7, 11) is 0. The summed E-state index contributed by atoms with van der Waals surface area (Å²) in [6.45, 7) is 0.0373. The number of nitrogens with one attached hydrogen (secondary N) is 1. The first-order valence-corrected chi connectivity index (χ1v) is 7.06. The van der Waals surface area contributed by atoms with E-state index in [0.29, 0.717) is 6.42 Å². The summed E-state index contributed by atoms with van der Waals surface area (Å²) >= 11 is 0. The van der Waals surface area contributed by atoms with Gasteiger partial charge in [0.15, 0.2) is 6.61 Å². The van der Waals surface area contributed by atoms with Gasteiger partial charge in [-0.15, -0.1) is 0 Å². The lowest BCUT2D eigenvalue weighted by molar-refractivity contribution is -0.385. The van der Waals surface area contributed by atoms with Gasteiger partial charge < -0.3 is 15.2 Å². The zero-order chi connectivity index (χ0) is 19.2. The largest absolute Gasteiger partial charge is 0.484 e. The number of hydrogen-bond donors (Lipinski definition) is 2. The Morgan fingerprint density at radius 2 is 2.04 bits per heavy atom. The smallest absolute Gasteiger partial charge is 0.422 e. The number of halogens is 3. The predicted molar refractivity (Wildman–Crippen MR) is 78.4 cm³/mol. The topological polar surface area (TPSA) is 119 Å². The Labute approximate surface area is 139 Å². The first-order chi connectivity index (χ1) is 11.5. The number of nitrogens with zero attached hydrogens (tertiary/aromatic N) is 1. The molecule has 0 radical (unpaired) electrons. The van der Waals surface area contributed by atoms with Crippen LogP contribution in [-0.2, 0) is 4.79 Å². The van der Waals surface area contributed by atoms with E-state index < -0.39 is 52.6 Å². The van der Waals surface area contributed by atoms with Gasteiger partial charge in [-0.2, -0.15) is 13.2 Å². The van der Waals surface area contributed by atoms with Crippen LogP contribution in [0, 0.1) is 10.1 Å². The molecule has 1 rings (SSSR count). The minimum absolute atomic E-state index is 0.0825. The highest BCUT2D eigenvalue weighted by atomic mass is 19.4. The number of hydrogen-bond acceptors (Lipinski definition) is 5. The average molecular weight is 364 g/mol. The third-order valence-corrected chi connectivity index (χ3v) is 2.99. The highest BCUT2D eigenvalue weighted by molar-refractivity contribution is 6.00. The molecule has 0 aliphatic rings. The molecule has 25 heavy (non-hydrogen) atoms. The van der Waals surface area contributed by atoms with E-state index in [1.807, 2.05) is 0 Å². The fourth-order valence-electron chi connectivity index (χ4n) is 1.89. The molecule has 2 N–H and O–H groups in total. The lowest BCUT2D eigenvalue weighted by Gasteiger charge is -2.14. The molecule has 1 amide bonds. The lowest BCUT2D eigenvalue weighted by Crippen LogP contribution is -2.40. The Morgan fingerprint density at radius 3 is 2.52 bits per heavy atom. The second-order valence-electron chi connectivity index (χ2n) is 4.99. The summed E-state index contributed by atoms with van der Waals surface area (Å²) in [6.07, 6.45) is -4.12. The van der Waals surface area contributed by atoms with Crippen molar-refractivity contribution in [2.24, 2.45) is 0 Å². The number of carboxylic acid groups (broad SMARTS) is 1. The van der Waals surface area contributed by atoms with Crippen LogP contribution in [0.25, 0.3) is 0 Å². The first-order valence-electron chi connectivity index (χ1n) is 7.06. The zero-order valence-electron chi connectivity index (χ0n) is 13.0. The number of rotatable bonds is 8. The molecule has 1 aromatic rings. The van der Waals surface area contributed by atoms with Gasteiger partial charge in [-0.25, -0.2) is 4.79 Å². The van der Waals surface area contributed by atoms with Crippen molar-refractivity contribution in [2.75, 3.05) is 6.61 Å². The molecule has 1 unspecified atom stereocenters. The summed E-state index contributed by atoms with van der Waals surface area (Å²) in [4.78, 5) is 33.3. The lowest BCUT2D eigenvalue weighted by atomic mass is 10.1. The summed E-state index contributed by atoms with van der Waals surface area (Å²) in [5.41, 5.74) is -1.27. The van der Waals surface area contributed by atoms with Gasteiger partial charge in [0.25, 0.3) is 11.6 Å². The SMILES string of the molecule is CCCC(NC(=O)c1cc(OCC(F)(F)F)ccc1[N+](=O)[O-])C(=O)O. The van der Waals surface area contributed by atoms with Gasteiger partial charge in [-0.05, 0) is 18.6 Å². The van der Waals surface area contributed by atoms with E-state index in [2.05, 4.69) is 10.1 Å². The van der Waals surface area contributed by atoms with E-state index in [1.54, 1.807) is 6.92 Å². The molecule has 8 nitrogen and oxygen atoms in total. The molecular weight excluding hydrogens is 349 g/mol.